The fourth-order valence-corrected chi connectivity index (χ4v) is 4.89. The molecule has 79 valence electrons. The summed E-state index contributed by atoms with van der Waals surface area (Å²) in [5.41, 5.74) is 0. The van der Waals surface area contributed by atoms with Gasteiger partial charge < -0.3 is 13.5 Å². The summed E-state index contributed by atoms with van der Waals surface area (Å²) in [6, 6.07) is 0. The molecule has 3 radical (unpaired) electrons. The molecule has 0 nitrogen and oxygen atoms in total. The number of unbranched alkanes of at least 4 members (excludes halogenated alkanes) is 2. The van der Waals surface area contributed by atoms with Gasteiger partial charge in [0, 0.05) is 0 Å². The first kappa shape index (κ1) is 20.4. The van der Waals surface area contributed by atoms with E-state index < -0.39 is 0 Å². The summed E-state index contributed by atoms with van der Waals surface area (Å²) in [5, 5.41) is 0. The minimum Gasteiger partial charge on any atom is -0.813 e. The first-order chi connectivity index (χ1) is 5.83. The Hall–Kier alpha value is 1.95. The SMILES string of the molecule is CCC[CH2][Sn+][CH2]CCC.[CH3][Sn][CH3].[SH-]. The Bertz CT molecular complexity index is 54.9. The van der Waals surface area contributed by atoms with Crippen molar-refractivity contribution >= 4 is 55.8 Å². The first-order valence-corrected chi connectivity index (χ1v) is 14.9. The molecule has 13 heavy (non-hydrogen) atoms. The second-order valence-electron chi connectivity index (χ2n) is 2.96. The van der Waals surface area contributed by atoms with Crippen molar-refractivity contribution in [2.24, 2.45) is 0 Å². The molecule has 0 bridgehead atoms. The molecule has 0 aliphatic carbocycles. The molecule has 0 fully saturated rings. The summed E-state index contributed by atoms with van der Waals surface area (Å²) in [6.07, 6.45) is 5.84. The number of hydrogen-bond acceptors (Lipinski definition) is 1. The summed E-state index contributed by atoms with van der Waals surface area (Å²) in [6.45, 7) is 4.58. The average molecular weight is 415 g/mol. The van der Waals surface area contributed by atoms with Crippen LogP contribution in [0.25, 0.3) is 0 Å². The zero-order valence-corrected chi connectivity index (χ0v) is 16.3. The Morgan fingerprint density at radius 2 is 1.23 bits per heavy atom. The van der Waals surface area contributed by atoms with E-state index in [1.807, 2.05) is 0 Å². The van der Waals surface area contributed by atoms with Gasteiger partial charge in [0.25, 0.3) is 0 Å². The van der Waals surface area contributed by atoms with Gasteiger partial charge >= 0.3 is 101 Å². The third kappa shape index (κ3) is 31.5. The Morgan fingerprint density at radius 1 is 0.923 bits per heavy atom. The fraction of sp³-hybridized carbons (Fsp3) is 1.00. The van der Waals surface area contributed by atoms with Gasteiger partial charge in [-0.3, -0.25) is 0 Å². The van der Waals surface area contributed by atoms with Gasteiger partial charge in [-0.15, -0.1) is 0 Å². The van der Waals surface area contributed by atoms with Crippen LogP contribution in [0.3, 0.4) is 0 Å². The Labute approximate surface area is 113 Å². The van der Waals surface area contributed by atoms with Crippen LogP contribution in [-0.2, 0) is 13.5 Å². The Balaban J connectivity index is -0.000000220. The van der Waals surface area contributed by atoms with Gasteiger partial charge in [0.05, 0.1) is 0 Å². The molecule has 0 aliphatic rings. The fourth-order valence-electron chi connectivity index (χ4n) is 0.729. The van der Waals surface area contributed by atoms with E-state index in [2.05, 4.69) is 23.7 Å². The standard InChI is InChI=1S/2C4H9.2CH3.H2S.2Sn/c2*1-3-4-2;;;;;/h2*1,3-4H2,2H3;2*1H3;1H2;;/q;;;;;;+1/p-1. The van der Waals surface area contributed by atoms with E-state index in [1.54, 1.807) is 8.87 Å². The van der Waals surface area contributed by atoms with Crippen molar-refractivity contribution in [3.05, 3.63) is 0 Å². The topological polar surface area (TPSA) is 0 Å². The molecule has 0 rings (SSSR count). The van der Waals surface area contributed by atoms with Crippen LogP contribution in [-0.4, -0.2) is 42.3 Å². The van der Waals surface area contributed by atoms with Gasteiger partial charge in [0.2, 0.25) is 0 Å². The molecule has 0 aromatic carbocycles. The molecule has 0 N–H and O–H groups in total. The summed E-state index contributed by atoms with van der Waals surface area (Å²) in [7, 11) is 0. The van der Waals surface area contributed by atoms with Crippen LogP contribution in [0, 0.1) is 0 Å². The van der Waals surface area contributed by atoms with Gasteiger partial charge in [0.15, 0.2) is 0 Å². The summed E-state index contributed by atoms with van der Waals surface area (Å²) < 4.78 is 3.25. The van der Waals surface area contributed by atoms with Crippen LogP contribution in [0.15, 0.2) is 0 Å². The summed E-state index contributed by atoms with van der Waals surface area (Å²) in [5.74, 6) is 0. The van der Waals surface area contributed by atoms with Gasteiger partial charge in [-0.25, -0.2) is 0 Å². The smallest absolute Gasteiger partial charge is 0.813 e. The maximum Gasteiger partial charge on any atom is -0.813 e. The van der Waals surface area contributed by atoms with E-state index in [0.29, 0.717) is 0 Å². The number of hydrogen-bond donors (Lipinski definition) is 0. The monoisotopic (exact) mass is 417 g/mol. The predicted octanol–water partition coefficient (Wildman–Crippen LogP) is 3.64. The summed E-state index contributed by atoms with van der Waals surface area (Å²) in [4.78, 5) is 4.59. The largest absolute Gasteiger partial charge is 0.813 e. The van der Waals surface area contributed by atoms with Gasteiger partial charge in [-0.2, -0.15) is 0 Å². The molecule has 0 aromatic heterocycles. The van der Waals surface area contributed by atoms with Crippen molar-refractivity contribution in [2.75, 3.05) is 0 Å². The van der Waals surface area contributed by atoms with Crippen LogP contribution in [0.2, 0.25) is 18.8 Å². The van der Waals surface area contributed by atoms with E-state index in [1.165, 1.54) is 25.7 Å². The van der Waals surface area contributed by atoms with Gasteiger partial charge in [-0.05, 0) is 0 Å². The molecule has 3 heteroatoms. The maximum atomic E-state index is 2.30. The second-order valence-corrected chi connectivity index (χ2v) is 10.1. The van der Waals surface area contributed by atoms with Crippen molar-refractivity contribution in [1.29, 1.82) is 0 Å². The Kier molecular flexibility index (Phi) is 37.0. The number of rotatable bonds is 6. The van der Waals surface area contributed by atoms with E-state index in [0.717, 1.165) is 0 Å². The van der Waals surface area contributed by atoms with Crippen LogP contribution < -0.4 is 0 Å². The predicted molar refractivity (Wildman–Crippen MR) is 71.4 cm³/mol. The normalized spacial score (nSPS) is 8.00. The maximum absolute atomic E-state index is 2.30. The van der Waals surface area contributed by atoms with E-state index >= 15 is 0 Å². The molecule has 0 atom stereocenters. The van der Waals surface area contributed by atoms with Crippen LogP contribution in [0.5, 0.6) is 0 Å². The van der Waals surface area contributed by atoms with Crippen LogP contribution >= 0.6 is 0 Å². The molecule has 0 spiro atoms. The second kappa shape index (κ2) is 23.6. The molecule has 0 aromatic rings. The van der Waals surface area contributed by atoms with Crippen molar-refractivity contribution < 1.29 is 0 Å². The average Bonchev–Trinajstić information content (AvgIpc) is 2.06. The zero-order chi connectivity index (χ0) is 9.66. The summed E-state index contributed by atoms with van der Waals surface area (Å²) >= 11 is 0.379. The van der Waals surface area contributed by atoms with Crippen molar-refractivity contribution in [1.82, 2.24) is 0 Å². The van der Waals surface area contributed by atoms with E-state index in [-0.39, 0.29) is 55.8 Å². The quantitative estimate of drug-likeness (QED) is 0.277. The van der Waals surface area contributed by atoms with Gasteiger partial charge in [-0.1, -0.05) is 0 Å². The molecule has 0 heterocycles. The third-order valence-corrected chi connectivity index (χ3v) is 5.45. The zero-order valence-electron chi connectivity index (χ0n) is 9.69. The molecular weight excluding hydrogens is 390 g/mol. The molecule has 0 saturated heterocycles. The van der Waals surface area contributed by atoms with Gasteiger partial charge in [0.1, 0.15) is 0 Å². The third-order valence-electron chi connectivity index (χ3n) is 1.41. The first-order valence-electron chi connectivity index (χ1n) is 5.12. The van der Waals surface area contributed by atoms with Crippen LogP contribution in [0.4, 0.5) is 0 Å². The molecule has 0 aliphatic heterocycles. The van der Waals surface area contributed by atoms with E-state index in [9.17, 15) is 0 Å². The molecule has 0 saturated carbocycles. The molecule has 0 amide bonds. The minimum atomic E-state index is 0. The van der Waals surface area contributed by atoms with Crippen molar-refractivity contribution in [3.8, 4) is 0 Å². The molecular formula is C10H25SSn2. The van der Waals surface area contributed by atoms with Crippen molar-refractivity contribution in [2.45, 2.75) is 58.3 Å². The minimum absolute atomic E-state index is 0. The van der Waals surface area contributed by atoms with Crippen molar-refractivity contribution in [3.63, 3.8) is 0 Å². The van der Waals surface area contributed by atoms with E-state index in [4.69, 9.17) is 0 Å². The molecule has 0 unspecified atom stereocenters. The van der Waals surface area contributed by atoms with Crippen LogP contribution in [0.1, 0.15) is 39.5 Å². The number of thiol groups is 1. The Morgan fingerprint density at radius 3 is 1.46 bits per heavy atom.